The molecule has 0 aliphatic carbocycles. The highest BCUT2D eigenvalue weighted by atomic mass is 35.5. The van der Waals surface area contributed by atoms with E-state index in [1.54, 1.807) is 18.2 Å². The molecule has 0 radical (unpaired) electrons. The highest BCUT2D eigenvalue weighted by Crippen LogP contribution is 2.25. The summed E-state index contributed by atoms with van der Waals surface area (Å²) in [6.45, 7) is 2.66. The lowest BCUT2D eigenvalue weighted by Gasteiger charge is -2.30. The van der Waals surface area contributed by atoms with Gasteiger partial charge in [-0.3, -0.25) is 4.79 Å². The van der Waals surface area contributed by atoms with Crippen molar-refractivity contribution in [2.45, 2.75) is 25.5 Å². The number of nitrogens with zero attached hydrogens (tertiary/aromatic N) is 1. The van der Waals surface area contributed by atoms with Crippen LogP contribution in [-0.4, -0.2) is 31.7 Å². The minimum atomic E-state index is -3.39. The maximum Gasteiger partial charge on any atom is 0.227 e. The monoisotopic (exact) mass is 406 g/mol. The second kappa shape index (κ2) is 8.42. The number of rotatable bonds is 5. The molecule has 3 rings (SSSR count). The van der Waals surface area contributed by atoms with Crippen LogP contribution >= 0.6 is 11.6 Å². The Morgan fingerprint density at radius 3 is 2.52 bits per heavy atom. The van der Waals surface area contributed by atoms with Crippen LogP contribution in [0.25, 0.3) is 0 Å². The summed E-state index contributed by atoms with van der Waals surface area (Å²) >= 11 is 6.08. The number of halogens is 1. The molecule has 1 aliphatic rings. The Labute approximate surface area is 165 Å². The molecule has 1 fully saturated rings. The molecule has 144 valence electrons. The van der Waals surface area contributed by atoms with Crippen molar-refractivity contribution >= 4 is 33.2 Å². The molecule has 0 bridgehead atoms. The number of carbonyl (C=O) groups excluding carboxylic acids is 1. The molecule has 1 saturated heterocycles. The van der Waals surface area contributed by atoms with E-state index in [1.807, 2.05) is 37.3 Å². The van der Waals surface area contributed by atoms with E-state index in [-0.39, 0.29) is 17.6 Å². The molecule has 1 heterocycles. The number of nitrogens with one attached hydrogen (secondary N) is 1. The Kier molecular flexibility index (Phi) is 6.19. The summed E-state index contributed by atoms with van der Waals surface area (Å²) < 4.78 is 26.9. The molecule has 0 saturated carbocycles. The fourth-order valence-electron chi connectivity index (χ4n) is 3.30. The van der Waals surface area contributed by atoms with Crippen LogP contribution in [0.2, 0.25) is 5.02 Å². The average Bonchev–Trinajstić information content (AvgIpc) is 2.63. The summed E-state index contributed by atoms with van der Waals surface area (Å²) in [5.41, 5.74) is 2.41. The molecule has 2 aromatic rings. The van der Waals surface area contributed by atoms with Gasteiger partial charge in [-0.2, -0.15) is 0 Å². The zero-order valence-corrected chi connectivity index (χ0v) is 16.8. The standard InChI is InChI=1S/C20H23ClN2O3S/c1-15-5-4-6-16(13-15)14-27(25,26)23-11-9-17(10-12-23)20(24)22-19-8-3-2-7-18(19)21/h2-8,13,17H,9-12,14H2,1H3,(H,22,24). The van der Waals surface area contributed by atoms with Crippen molar-refractivity contribution < 1.29 is 13.2 Å². The molecule has 1 amide bonds. The van der Waals surface area contributed by atoms with Gasteiger partial charge >= 0.3 is 0 Å². The van der Waals surface area contributed by atoms with Crippen LogP contribution in [-0.2, 0) is 20.6 Å². The van der Waals surface area contributed by atoms with Crippen molar-refractivity contribution in [3.05, 3.63) is 64.7 Å². The third kappa shape index (κ3) is 5.09. The normalized spacial score (nSPS) is 16.2. The summed E-state index contributed by atoms with van der Waals surface area (Å²) in [5.74, 6) is -0.337. The number of amides is 1. The molecule has 1 N–H and O–H groups in total. The zero-order valence-electron chi connectivity index (χ0n) is 15.2. The molecular formula is C20H23ClN2O3S. The molecule has 1 aliphatic heterocycles. The van der Waals surface area contributed by atoms with E-state index in [9.17, 15) is 13.2 Å². The topological polar surface area (TPSA) is 66.5 Å². The minimum absolute atomic E-state index is 0.00876. The van der Waals surface area contributed by atoms with Crippen LogP contribution in [0.4, 0.5) is 5.69 Å². The van der Waals surface area contributed by atoms with Gasteiger partial charge in [0.15, 0.2) is 0 Å². The van der Waals surface area contributed by atoms with Gasteiger partial charge in [0.25, 0.3) is 0 Å². The maximum absolute atomic E-state index is 12.7. The zero-order chi connectivity index (χ0) is 19.4. The molecule has 5 nitrogen and oxygen atoms in total. The second-order valence-corrected chi connectivity index (χ2v) is 9.26. The smallest absolute Gasteiger partial charge is 0.227 e. The number of hydrogen-bond donors (Lipinski definition) is 1. The SMILES string of the molecule is Cc1cccc(CS(=O)(=O)N2CCC(C(=O)Nc3ccccc3Cl)CC2)c1. The minimum Gasteiger partial charge on any atom is -0.325 e. The summed E-state index contributed by atoms with van der Waals surface area (Å²) in [5, 5.41) is 3.33. The third-order valence-corrected chi connectivity index (χ3v) is 6.96. The first-order chi connectivity index (χ1) is 12.8. The lowest BCUT2D eigenvalue weighted by molar-refractivity contribution is -0.120. The van der Waals surface area contributed by atoms with Gasteiger partial charge in [0.2, 0.25) is 15.9 Å². The van der Waals surface area contributed by atoms with Crippen molar-refractivity contribution in [3.63, 3.8) is 0 Å². The number of benzene rings is 2. The first kappa shape index (κ1) is 19.9. The Morgan fingerprint density at radius 2 is 1.85 bits per heavy atom. The summed E-state index contributed by atoms with van der Waals surface area (Å²) in [4.78, 5) is 12.5. The molecule has 0 aromatic heterocycles. The van der Waals surface area contributed by atoms with E-state index in [0.717, 1.165) is 11.1 Å². The lowest BCUT2D eigenvalue weighted by Crippen LogP contribution is -2.41. The second-order valence-electron chi connectivity index (χ2n) is 6.89. The fraction of sp³-hybridized carbons (Fsp3) is 0.350. The van der Waals surface area contributed by atoms with Gasteiger partial charge in [0.1, 0.15) is 0 Å². The van der Waals surface area contributed by atoms with Gasteiger partial charge in [-0.15, -0.1) is 0 Å². The van der Waals surface area contributed by atoms with Gasteiger partial charge in [0, 0.05) is 19.0 Å². The van der Waals surface area contributed by atoms with E-state index in [0.29, 0.717) is 36.6 Å². The van der Waals surface area contributed by atoms with E-state index in [2.05, 4.69) is 5.32 Å². The molecule has 0 unspecified atom stereocenters. The highest BCUT2D eigenvalue weighted by molar-refractivity contribution is 7.88. The largest absolute Gasteiger partial charge is 0.325 e. The number of sulfonamides is 1. The van der Waals surface area contributed by atoms with Crippen LogP contribution in [0.3, 0.4) is 0 Å². The maximum atomic E-state index is 12.7. The lowest BCUT2D eigenvalue weighted by atomic mass is 9.97. The number of anilines is 1. The number of piperidine rings is 1. The van der Waals surface area contributed by atoms with Crippen LogP contribution in [0, 0.1) is 12.8 Å². The molecule has 0 atom stereocenters. The summed E-state index contributed by atoms with van der Waals surface area (Å²) in [7, 11) is -3.39. The molecule has 2 aromatic carbocycles. The van der Waals surface area contributed by atoms with E-state index >= 15 is 0 Å². The van der Waals surface area contributed by atoms with E-state index < -0.39 is 10.0 Å². The summed E-state index contributed by atoms with van der Waals surface area (Å²) in [6, 6.07) is 14.6. The van der Waals surface area contributed by atoms with E-state index in [4.69, 9.17) is 11.6 Å². The average molecular weight is 407 g/mol. The first-order valence-corrected chi connectivity index (χ1v) is 10.9. The predicted molar refractivity (Wildman–Crippen MR) is 108 cm³/mol. The number of hydrogen-bond acceptors (Lipinski definition) is 3. The van der Waals surface area contributed by atoms with Crippen LogP contribution in [0.15, 0.2) is 48.5 Å². The quantitative estimate of drug-likeness (QED) is 0.820. The van der Waals surface area contributed by atoms with Crippen LogP contribution < -0.4 is 5.32 Å². The number of aryl methyl sites for hydroxylation is 1. The Morgan fingerprint density at radius 1 is 1.15 bits per heavy atom. The Balaban J connectivity index is 1.58. The molecule has 0 spiro atoms. The van der Waals surface area contributed by atoms with Gasteiger partial charge in [-0.25, -0.2) is 12.7 Å². The van der Waals surface area contributed by atoms with E-state index in [1.165, 1.54) is 4.31 Å². The van der Waals surface area contributed by atoms with Gasteiger partial charge in [0.05, 0.1) is 16.5 Å². The van der Waals surface area contributed by atoms with Gasteiger partial charge in [-0.1, -0.05) is 53.6 Å². The fourth-order valence-corrected chi connectivity index (χ4v) is 5.03. The van der Waals surface area contributed by atoms with Crippen LogP contribution in [0.5, 0.6) is 0 Å². The van der Waals surface area contributed by atoms with Crippen molar-refractivity contribution in [2.75, 3.05) is 18.4 Å². The number of carbonyl (C=O) groups is 1. The summed E-state index contributed by atoms with van der Waals surface area (Å²) in [6.07, 6.45) is 1.01. The molecule has 7 heteroatoms. The van der Waals surface area contributed by atoms with Crippen molar-refractivity contribution in [1.82, 2.24) is 4.31 Å². The Bertz CT molecular complexity index is 922. The first-order valence-electron chi connectivity index (χ1n) is 8.94. The molecule has 27 heavy (non-hydrogen) atoms. The van der Waals surface area contributed by atoms with Crippen LogP contribution in [0.1, 0.15) is 24.0 Å². The van der Waals surface area contributed by atoms with Gasteiger partial charge < -0.3 is 5.32 Å². The van der Waals surface area contributed by atoms with Crippen molar-refractivity contribution in [2.24, 2.45) is 5.92 Å². The third-order valence-electron chi connectivity index (χ3n) is 4.78. The predicted octanol–water partition coefficient (Wildman–Crippen LogP) is 3.83. The van der Waals surface area contributed by atoms with Crippen molar-refractivity contribution in [3.8, 4) is 0 Å². The van der Waals surface area contributed by atoms with Crippen molar-refractivity contribution in [1.29, 1.82) is 0 Å². The van der Waals surface area contributed by atoms with Gasteiger partial charge in [-0.05, 0) is 37.5 Å². The number of para-hydroxylation sites is 1. The Hall–Kier alpha value is -1.89. The highest BCUT2D eigenvalue weighted by Gasteiger charge is 2.31. The molecular weight excluding hydrogens is 384 g/mol.